The van der Waals surface area contributed by atoms with Crippen LogP contribution in [0.5, 0.6) is 6.01 Å². The van der Waals surface area contributed by atoms with Crippen molar-refractivity contribution in [3.05, 3.63) is 17.5 Å². The number of hydrogen-bond donors (Lipinski definition) is 1. The van der Waals surface area contributed by atoms with Gasteiger partial charge in [-0.15, -0.1) is 0 Å². The van der Waals surface area contributed by atoms with E-state index in [1.807, 2.05) is 6.92 Å². The molecule has 1 aromatic rings. The van der Waals surface area contributed by atoms with Crippen molar-refractivity contribution >= 4 is 0 Å². The molecule has 4 heteroatoms. The van der Waals surface area contributed by atoms with Crippen molar-refractivity contribution in [1.82, 2.24) is 9.97 Å². The van der Waals surface area contributed by atoms with E-state index in [0.29, 0.717) is 11.9 Å². The fourth-order valence-electron chi connectivity index (χ4n) is 2.42. The molecule has 0 spiro atoms. The quantitative estimate of drug-likeness (QED) is 0.835. The van der Waals surface area contributed by atoms with Crippen molar-refractivity contribution in [3.8, 4) is 6.01 Å². The van der Waals surface area contributed by atoms with Crippen LogP contribution in [0.1, 0.15) is 49.8 Å². The normalized spacial score (nSPS) is 17.4. The highest BCUT2D eigenvalue weighted by molar-refractivity contribution is 5.16. The van der Waals surface area contributed by atoms with Gasteiger partial charge in [-0.25, -0.2) is 9.97 Å². The van der Waals surface area contributed by atoms with E-state index in [2.05, 4.69) is 9.97 Å². The van der Waals surface area contributed by atoms with Crippen LogP contribution in [0, 0.1) is 12.8 Å². The first kappa shape index (κ1) is 13.3. The number of hydrogen-bond acceptors (Lipinski definition) is 4. The van der Waals surface area contributed by atoms with Crippen LogP contribution in [0.3, 0.4) is 0 Å². The van der Waals surface area contributed by atoms with Crippen LogP contribution in [0.2, 0.25) is 0 Å². The fraction of sp³-hybridized carbons (Fsp3) is 0.714. The summed E-state index contributed by atoms with van der Waals surface area (Å²) in [5, 5.41) is 9.05. The van der Waals surface area contributed by atoms with Gasteiger partial charge in [0.15, 0.2) is 0 Å². The molecule has 0 bridgehead atoms. The lowest BCUT2D eigenvalue weighted by molar-refractivity contribution is 0.216. The molecule has 2 rings (SSSR count). The maximum Gasteiger partial charge on any atom is 0.316 e. The highest BCUT2D eigenvalue weighted by atomic mass is 16.5. The van der Waals surface area contributed by atoms with E-state index in [1.54, 1.807) is 6.20 Å². The predicted molar refractivity (Wildman–Crippen MR) is 69.4 cm³/mol. The van der Waals surface area contributed by atoms with Crippen molar-refractivity contribution in [2.75, 3.05) is 6.61 Å². The summed E-state index contributed by atoms with van der Waals surface area (Å²) in [6.07, 6.45) is 9.51. The van der Waals surface area contributed by atoms with Gasteiger partial charge in [-0.1, -0.05) is 25.7 Å². The lowest BCUT2D eigenvalue weighted by Gasteiger charge is -2.14. The van der Waals surface area contributed by atoms with Gasteiger partial charge in [0.05, 0.1) is 18.9 Å². The van der Waals surface area contributed by atoms with E-state index >= 15 is 0 Å². The number of ether oxygens (including phenoxy) is 1. The maximum atomic E-state index is 9.05. The molecule has 0 saturated heterocycles. The van der Waals surface area contributed by atoms with Crippen molar-refractivity contribution in [3.63, 3.8) is 0 Å². The molecule has 1 aromatic heterocycles. The highest BCUT2D eigenvalue weighted by Gasteiger charge is 2.13. The number of aliphatic hydroxyl groups excluding tert-OH is 1. The number of aromatic nitrogens is 2. The van der Waals surface area contributed by atoms with Crippen LogP contribution in [-0.4, -0.2) is 21.7 Å². The standard InChI is InChI=1S/C14H22N2O2/c1-11-13(9-17)8-15-14(16-11)18-10-12-6-4-2-3-5-7-12/h8,12,17H,2-7,9-10H2,1H3. The molecule has 0 radical (unpaired) electrons. The highest BCUT2D eigenvalue weighted by Crippen LogP contribution is 2.23. The van der Waals surface area contributed by atoms with E-state index in [0.717, 1.165) is 17.9 Å². The fourth-order valence-corrected chi connectivity index (χ4v) is 2.42. The average molecular weight is 250 g/mol. The first-order valence-electron chi connectivity index (χ1n) is 6.86. The Morgan fingerprint density at radius 1 is 1.28 bits per heavy atom. The smallest absolute Gasteiger partial charge is 0.316 e. The summed E-state index contributed by atoms with van der Waals surface area (Å²) < 4.78 is 5.68. The van der Waals surface area contributed by atoms with Crippen LogP contribution >= 0.6 is 0 Å². The summed E-state index contributed by atoms with van der Waals surface area (Å²) in [6, 6.07) is 0.439. The summed E-state index contributed by atoms with van der Waals surface area (Å²) in [5.41, 5.74) is 1.56. The Morgan fingerprint density at radius 3 is 2.61 bits per heavy atom. The Balaban J connectivity index is 1.87. The largest absolute Gasteiger partial charge is 0.463 e. The summed E-state index contributed by atoms with van der Waals surface area (Å²) in [6.45, 7) is 2.57. The van der Waals surface area contributed by atoms with Crippen LogP contribution in [0.4, 0.5) is 0 Å². The van der Waals surface area contributed by atoms with Gasteiger partial charge in [-0.3, -0.25) is 0 Å². The molecule has 0 unspecified atom stereocenters. The van der Waals surface area contributed by atoms with Crippen LogP contribution < -0.4 is 4.74 Å². The van der Waals surface area contributed by atoms with Gasteiger partial charge in [-0.2, -0.15) is 0 Å². The summed E-state index contributed by atoms with van der Waals surface area (Å²) in [5.74, 6) is 0.647. The second-order valence-electron chi connectivity index (χ2n) is 5.09. The second kappa shape index (κ2) is 6.69. The Morgan fingerprint density at radius 2 is 2.00 bits per heavy atom. The van der Waals surface area contributed by atoms with Gasteiger partial charge < -0.3 is 9.84 Å². The number of nitrogens with zero attached hydrogens (tertiary/aromatic N) is 2. The Bertz CT molecular complexity index is 374. The van der Waals surface area contributed by atoms with E-state index in [-0.39, 0.29) is 6.61 Å². The molecule has 100 valence electrons. The lowest BCUT2D eigenvalue weighted by Crippen LogP contribution is -2.13. The molecular weight excluding hydrogens is 228 g/mol. The number of rotatable bonds is 4. The second-order valence-corrected chi connectivity index (χ2v) is 5.09. The summed E-state index contributed by atoms with van der Waals surface area (Å²) in [4.78, 5) is 8.38. The molecule has 1 fully saturated rings. The van der Waals surface area contributed by atoms with Crippen molar-refractivity contribution in [2.24, 2.45) is 5.92 Å². The summed E-state index contributed by atoms with van der Waals surface area (Å²) in [7, 11) is 0. The molecule has 4 nitrogen and oxygen atoms in total. The van der Waals surface area contributed by atoms with Crippen LogP contribution in [0.15, 0.2) is 6.20 Å². The van der Waals surface area contributed by atoms with E-state index in [4.69, 9.17) is 9.84 Å². The van der Waals surface area contributed by atoms with Gasteiger partial charge in [0.25, 0.3) is 0 Å². The first-order valence-corrected chi connectivity index (χ1v) is 6.86. The molecular formula is C14H22N2O2. The van der Waals surface area contributed by atoms with E-state index in [9.17, 15) is 0 Å². The Hall–Kier alpha value is -1.16. The minimum atomic E-state index is -0.0191. The molecule has 0 atom stereocenters. The van der Waals surface area contributed by atoms with E-state index in [1.165, 1.54) is 38.5 Å². The minimum Gasteiger partial charge on any atom is -0.463 e. The van der Waals surface area contributed by atoms with Gasteiger partial charge in [0.2, 0.25) is 0 Å². The topological polar surface area (TPSA) is 55.2 Å². The molecule has 18 heavy (non-hydrogen) atoms. The number of aryl methyl sites for hydroxylation is 1. The van der Waals surface area contributed by atoms with Gasteiger partial charge in [0.1, 0.15) is 0 Å². The number of aliphatic hydroxyl groups is 1. The molecule has 1 aliphatic rings. The molecule has 1 N–H and O–H groups in total. The van der Waals surface area contributed by atoms with Crippen molar-refractivity contribution in [1.29, 1.82) is 0 Å². The third-order valence-corrected chi connectivity index (χ3v) is 3.65. The zero-order chi connectivity index (χ0) is 12.8. The Kier molecular flexibility index (Phi) is 4.93. The third kappa shape index (κ3) is 3.67. The molecule has 0 aromatic carbocycles. The Labute approximate surface area is 108 Å². The summed E-state index contributed by atoms with van der Waals surface area (Å²) >= 11 is 0. The van der Waals surface area contributed by atoms with Crippen LogP contribution in [-0.2, 0) is 6.61 Å². The molecule has 0 aliphatic heterocycles. The zero-order valence-corrected chi connectivity index (χ0v) is 11.1. The van der Waals surface area contributed by atoms with Crippen LogP contribution in [0.25, 0.3) is 0 Å². The minimum absolute atomic E-state index is 0.0191. The monoisotopic (exact) mass is 250 g/mol. The lowest BCUT2D eigenvalue weighted by atomic mass is 10.0. The SMILES string of the molecule is Cc1nc(OCC2CCCCCC2)ncc1CO. The molecule has 1 saturated carbocycles. The van der Waals surface area contributed by atoms with Gasteiger partial charge >= 0.3 is 6.01 Å². The molecule has 1 heterocycles. The molecule has 1 aliphatic carbocycles. The first-order chi connectivity index (χ1) is 8.79. The van der Waals surface area contributed by atoms with E-state index < -0.39 is 0 Å². The van der Waals surface area contributed by atoms with Gasteiger partial charge in [-0.05, 0) is 25.7 Å². The van der Waals surface area contributed by atoms with Gasteiger partial charge in [0, 0.05) is 11.8 Å². The van der Waals surface area contributed by atoms with Crippen molar-refractivity contribution in [2.45, 2.75) is 52.1 Å². The maximum absolute atomic E-state index is 9.05. The average Bonchev–Trinajstić information content (AvgIpc) is 2.65. The zero-order valence-electron chi connectivity index (χ0n) is 11.1. The molecule has 0 amide bonds. The third-order valence-electron chi connectivity index (χ3n) is 3.65. The van der Waals surface area contributed by atoms with Crippen molar-refractivity contribution < 1.29 is 9.84 Å². The predicted octanol–water partition coefficient (Wildman–Crippen LogP) is 2.63.